The molecule has 0 bridgehead atoms. The molecule has 5 heteroatoms. The van der Waals surface area contributed by atoms with Gasteiger partial charge in [0.1, 0.15) is 6.54 Å². The van der Waals surface area contributed by atoms with Gasteiger partial charge in [0.05, 0.1) is 6.54 Å². The minimum absolute atomic E-state index is 0.00986. The molecule has 140 valence electrons. The van der Waals surface area contributed by atoms with E-state index >= 15 is 0 Å². The van der Waals surface area contributed by atoms with Gasteiger partial charge in [-0.3, -0.25) is 9.59 Å². The van der Waals surface area contributed by atoms with E-state index in [9.17, 15) is 9.59 Å². The van der Waals surface area contributed by atoms with Gasteiger partial charge in [-0.05, 0) is 30.4 Å². The Hall–Kier alpha value is -2.14. The van der Waals surface area contributed by atoms with Crippen LogP contribution >= 0.6 is 11.3 Å². The number of thiophene rings is 1. The van der Waals surface area contributed by atoms with Crippen LogP contribution in [0, 0.1) is 0 Å². The number of benzene rings is 1. The van der Waals surface area contributed by atoms with Crippen LogP contribution in [0.3, 0.4) is 0 Å². The number of amides is 2. The zero-order valence-corrected chi connectivity index (χ0v) is 16.7. The fraction of sp³-hybridized carbons (Fsp3) is 0.429. The molecule has 1 aromatic heterocycles. The van der Waals surface area contributed by atoms with Crippen molar-refractivity contribution in [2.24, 2.45) is 0 Å². The van der Waals surface area contributed by atoms with Crippen LogP contribution in [0.5, 0.6) is 0 Å². The topological polar surface area (TPSA) is 40.6 Å². The van der Waals surface area contributed by atoms with Crippen LogP contribution in [0.1, 0.15) is 44.1 Å². The lowest BCUT2D eigenvalue weighted by Gasteiger charge is -2.31. The quantitative estimate of drug-likeness (QED) is 0.658. The van der Waals surface area contributed by atoms with Crippen molar-refractivity contribution in [1.29, 1.82) is 0 Å². The van der Waals surface area contributed by atoms with E-state index in [2.05, 4.69) is 0 Å². The van der Waals surface area contributed by atoms with Crippen molar-refractivity contribution >= 4 is 23.2 Å². The van der Waals surface area contributed by atoms with E-state index in [0.29, 0.717) is 19.5 Å². The molecule has 0 aliphatic heterocycles. The van der Waals surface area contributed by atoms with Gasteiger partial charge in [0.15, 0.2) is 0 Å². The highest BCUT2D eigenvalue weighted by atomic mass is 32.1. The van der Waals surface area contributed by atoms with E-state index < -0.39 is 0 Å². The Morgan fingerprint density at radius 3 is 2.31 bits per heavy atom. The van der Waals surface area contributed by atoms with Crippen molar-refractivity contribution in [3.63, 3.8) is 0 Å². The first kappa shape index (κ1) is 20.2. The number of rotatable bonds is 9. The molecule has 4 nitrogen and oxygen atoms in total. The van der Waals surface area contributed by atoms with Crippen LogP contribution in [-0.4, -0.2) is 34.2 Å². The van der Waals surface area contributed by atoms with Crippen LogP contribution in [0.4, 0.5) is 0 Å². The largest absolute Gasteiger partial charge is 0.332 e. The minimum Gasteiger partial charge on any atom is -0.332 e. The summed E-state index contributed by atoms with van der Waals surface area (Å²) in [5, 5.41) is 2.02. The Balaban J connectivity index is 2.16. The van der Waals surface area contributed by atoms with E-state index in [4.69, 9.17) is 0 Å². The molecule has 1 aromatic carbocycles. The third-order valence-electron chi connectivity index (χ3n) is 4.55. The number of hydrogen-bond donors (Lipinski definition) is 0. The maximum absolute atomic E-state index is 13.1. The predicted octanol–water partition coefficient (Wildman–Crippen LogP) is 4.31. The summed E-state index contributed by atoms with van der Waals surface area (Å²) in [6.45, 7) is 7.14. The van der Waals surface area contributed by atoms with Crippen LogP contribution in [0.25, 0.3) is 0 Å². The van der Waals surface area contributed by atoms with Crippen molar-refractivity contribution < 1.29 is 9.59 Å². The van der Waals surface area contributed by atoms with Crippen LogP contribution in [0.15, 0.2) is 47.8 Å². The molecule has 0 radical (unpaired) electrons. The standard InChI is InChI=1S/C21H28N2O2S/c1-4-17(3)23(20(24)5-2)16-21(25)22(15-19-12-9-13-26-19)14-18-10-7-6-8-11-18/h6-13,17H,4-5,14-16H2,1-3H3/t17-/m1/s1. The Morgan fingerprint density at radius 1 is 1.00 bits per heavy atom. The first-order valence-corrected chi connectivity index (χ1v) is 10.1. The van der Waals surface area contributed by atoms with Crippen molar-refractivity contribution in [3.8, 4) is 0 Å². The summed E-state index contributed by atoms with van der Waals surface area (Å²) in [6.07, 6.45) is 1.25. The molecule has 0 aliphatic rings. The van der Waals surface area contributed by atoms with E-state index in [1.165, 1.54) is 0 Å². The maximum Gasteiger partial charge on any atom is 0.242 e. The first-order valence-electron chi connectivity index (χ1n) is 9.18. The molecule has 1 heterocycles. The summed E-state index contributed by atoms with van der Waals surface area (Å²) in [4.78, 5) is 30.1. The second-order valence-electron chi connectivity index (χ2n) is 6.45. The monoisotopic (exact) mass is 372 g/mol. The summed E-state index contributed by atoms with van der Waals surface area (Å²) in [5.74, 6) is 0.0211. The van der Waals surface area contributed by atoms with E-state index in [-0.39, 0.29) is 24.4 Å². The predicted molar refractivity (Wildman–Crippen MR) is 107 cm³/mol. The van der Waals surface area contributed by atoms with Gasteiger partial charge in [0, 0.05) is 23.9 Å². The van der Waals surface area contributed by atoms with Crippen LogP contribution in [0.2, 0.25) is 0 Å². The number of nitrogens with zero attached hydrogens (tertiary/aromatic N) is 2. The molecule has 2 rings (SSSR count). The zero-order chi connectivity index (χ0) is 18.9. The minimum atomic E-state index is -0.00986. The van der Waals surface area contributed by atoms with Crippen molar-refractivity contribution in [2.75, 3.05) is 6.54 Å². The van der Waals surface area contributed by atoms with Gasteiger partial charge in [0.2, 0.25) is 11.8 Å². The molecule has 26 heavy (non-hydrogen) atoms. The van der Waals surface area contributed by atoms with Gasteiger partial charge in [-0.15, -0.1) is 11.3 Å². The molecule has 0 saturated carbocycles. The third-order valence-corrected chi connectivity index (χ3v) is 5.41. The normalized spacial score (nSPS) is 11.8. The van der Waals surface area contributed by atoms with E-state index in [1.54, 1.807) is 16.2 Å². The number of hydrogen-bond acceptors (Lipinski definition) is 3. The summed E-state index contributed by atoms with van der Waals surface area (Å²) >= 11 is 1.65. The Labute approximate surface area is 160 Å². The smallest absolute Gasteiger partial charge is 0.242 e. The SMILES string of the molecule is CCC(=O)N(CC(=O)N(Cc1ccccc1)Cc1cccs1)[C@H](C)CC. The van der Waals surface area contributed by atoms with Crippen molar-refractivity contribution in [1.82, 2.24) is 9.80 Å². The van der Waals surface area contributed by atoms with Crippen LogP contribution in [-0.2, 0) is 22.7 Å². The molecule has 2 amide bonds. The lowest BCUT2D eigenvalue weighted by Crippen LogP contribution is -2.46. The molecule has 0 N–H and O–H groups in total. The van der Waals surface area contributed by atoms with Gasteiger partial charge in [-0.2, -0.15) is 0 Å². The molecular formula is C21H28N2O2S. The highest BCUT2D eigenvalue weighted by Crippen LogP contribution is 2.16. The number of carbonyl (C=O) groups excluding carboxylic acids is 2. The average molecular weight is 373 g/mol. The van der Waals surface area contributed by atoms with E-state index in [1.807, 2.05) is 73.5 Å². The lowest BCUT2D eigenvalue weighted by atomic mass is 10.2. The van der Waals surface area contributed by atoms with Gasteiger partial charge in [-0.25, -0.2) is 0 Å². The molecular weight excluding hydrogens is 344 g/mol. The van der Waals surface area contributed by atoms with Crippen molar-refractivity contribution in [3.05, 3.63) is 58.3 Å². The number of carbonyl (C=O) groups is 2. The molecule has 0 saturated heterocycles. The fourth-order valence-electron chi connectivity index (χ4n) is 2.79. The molecule has 2 aromatic rings. The van der Waals surface area contributed by atoms with Gasteiger partial charge in [0.25, 0.3) is 0 Å². The fourth-order valence-corrected chi connectivity index (χ4v) is 3.51. The average Bonchev–Trinajstić information content (AvgIpc) is 3.18. The molecule has 0 aliphatic carbocycles. The van der Waals surface area contributed by atoms with E-state index in [0.717, 1.165) is 16.9 Å². The van der Waals surface area contributed by atoms with Gasteiger partial charge in [-0.1, -0.05) is 50.2 Å². The van der Waals surface area contributed by atoms with Gasteiger partial charge < -0.3 is 9.80 Å². The third kappa shape index (κ3) is 5.70. The zero-order valence-electron chi connectivity index (χ0n) is 15.9. The highest BCUT2D eigenvalue weighted by molar-refractivity contribution is 7.09. The first-order chi connectivity index (χ1) is 12.5. The molecule has 1 atom stereocenters. The summed E-state index contributed by atoms with van der Waals surface area (Å²) in [6, 6.07) is 14.1. The second kappa shape index (κ2) is 10.1. The molecule has 0 unspecified atom stereocenters. The highest BCUT2D eigenvalue weighted by Gasteiger charge is 2.24. The molecule has 0 spiro atoms. The van der Waals surface area contributed by atoms with Crippen molar-refractivity contribution in [2.45, 2.75) is 52.7 Å². The Bertz CT molecular complexity index is 685. The lowest BCUT2D eigenvalue weighted by molar-refractivity contribution is -0.142. The van der Waals surface area contributed by atoms with Gasteiger partial charge >= 0.3 is 0 Å². The van der Waals surface area contributed by atoms with Crippen LogP contribution < -0.4 is 0 Å². The summed E-state index contributed by atoms with van der Waals surface area (Å²) in [7, 11) is 0. The molecule has 0 fully saturated rings. The summed E-state index contributed by atoms with van der Waals surface area (Å²) < 4.78 is 0. The second-order valence-corrected chi connectivity index (χ2v) is 7.48. The maximum atomic E-state index is 13.1. The Morgan fingerprint density at radius 2 is 1.73 bits per heavy atom. The Kier molecular flexibility index (Phi) is 7.85. The summed E-state index contributed by atoms with van der Waals surface area (Å²) in [5.41, 5.74) is 1.09.